The molecule has 0 radical (unpaired) electrons. The van der Waals surface area contributed by atoms with Gasteiger partial charge in [-0.2, -0.15) is 0 Å². The fourth-order valence-electron chi connectivity index (χ4n) is 3.55. The number of carbonyl (C=O) groups excluding carboxylic acids is 1. The lowest BCUT2D eigenvalue weighted by Gasteiger charge is -2.34. The number of likely N-dealkylation sites (tertiary alicyclic amines) is 1. The SMILES string of the molecule is O=C(c1ccc2c(c1)OCO2)N1CCC([C@@H](O)c2ccccc2)CC1. The molecule has 1 saturated heterocycles. The van der Waals surface area contributed by atoms with Gasteiger partial charge in [0.2, 0.25) is 6.79 Å². The maximum absolute atomic E-state index is 12.7. The highest BCUT2D eigenvalue weighted by atomic mass is 16.7. The van der Waals surface area contributed by atoms with E-state index in [1.165, 1.54) is 0 Å². The minimum atomic E-state index is -0.469. The van der Waals surface area contributed by atoms with Gasteiger partial charge in [-0.15, -0.1) is 0 Å². The molecule has 0 unspecified atom stereocenters. The molecule has 5 heteroatoms. The summed E-state index contributed by atoms with van der Waals surface area (Å²) in [6.45, 7) is 1.51. The Morgan fingerprint density at radius 2 is 1.76 bits per heavy atom. The van der Waals surface area contributed by atoms with Crippen LogP contribution in [0.4, 0.5) is 0 Å². The van der Waals surface area contributed by atoms with Crippen LogP contribution in [0.1, 0.15) is 34.9 Å². The van der Waals surface area contributed by atoms with Gasteiger partial charge in [0.15, 0.2) is 11.5 Å². The van der Waals surface area contributed by atoms with E-state index in [9.17, 15) is 9.90 Å². The smallest absolute Gasteiger partial charge is 0.253 e. The average Bonchev–Trinajstić information content (AvgIpc) is 3.15. The predicted octanol–water partition coefficient (Wildman–Crippen LogP) is 3.00. The van der Waals surface area contributed by atoms with Crippen molar-refractivity contribution in [2.45, 2.75) is 18.9 Å². The van der Waals surface area contributed by atoms with Crippen molar-refractivity contribution in [3.05, 3.63) is 59.7 Å². The molecule has 25 heavy (non-hydrogen) atoms. The first-order valence-electron chi connectivity index (χ1n) is 8.64. The van der Waals surface area contributed by atoms with Gasteiger partial charge in [0.05, 0.1) is 6.10 Å². The number of ether oxygens (including phenoxy) is 2. The number of aliphatic hydroxyl groups excluding tert-OH is 1. The molecule has 2 aliphatic heterocycles. The largest absolute Gasteiger partial charge is 0.454 e. The zero-order valence-electron chi connectivity index (χ0n) is 13.9. The van der Waals surface area contributed by atoms with Crippen LogP contribution in [0.3, 0.4) is 0 Å². The standard InChI is InChI=1S/C20H21NO4/c22-19(14-4-2-1-3-5-14)15-8-10-21(11-9-15)20(23)16-6-7-17-18(12-16)25-13-24-17/h1-7,12,15,19,22H,8-11,13H2/t19-/m0/s1. The fourth-order valence-corrected chi connectivity index (χ4v) is 3.55. The van der Waals surface area contributed by atoms with E-state index in [4.69, 9.17) is 9.47 Å². The van der Waals surface area contributed by atoms with Gasteiger partial charge in [-0.3, -0.25) is 4.79 Å². The summed E-state index contributed by atoms with van der Waals surface area (Å²) in [5, 5.41) is 10.6. The first-order chi connectivity index (χ1) is 12.2. The number of hydrogen-bond donors (Lipinski definition) is 1. The van der Waals surface area contributed by atoms with Gasteiger partial charge in [0.25, 0.3) is 5.91 Å². The van der Waals surface area contributed by atoms with Gasteiger partial charge < -0.3 is 19.5 Å². The van der Waals surface area contributed by atoms with Gasteiger partial charge in [-0.25, -0.2) is 0 Å². The van der Waals surface area contributed by atoms with Crippen molar-refractivity contribution in [1.82, 2.24) is 4.90 Å². The number of nitrogens with zero attached hydrogens (tertiary/aromatic N) is 1. The number of fused-ring (bicyclic) bond motifs is 1. The number of piperidine rings is 1. The van der Waals surface area contributed by atoms with Crippen LogP contribution in [0.15, 0.2) is 48.5 Å². The zero-order chi connectivity index (χ0) is 17.2. The Labute approximate surface area is 146 Å². The van der Waals surface area contributed by atoms with Crippen LogP contribution < -0.4 is 9.47 Å². The summed E-state index contributed by atoms with van der Waals surface area (Å²) in [5.74, 6) is 1.50. The Kier molecular flexibility index (Phi) is 4.32. The quantitative estimate of drug-likeness (QED) is 0.934. The van der Waals surface area contributed by atoms with Crippen LogP contribution in [-0.2, 0) is 0 Å². The van der Waals surface area contributed by atoms with E-state index in [0.29, 0.717) is 30.2 Å². The van der Waals surface area contributed by atoms with E-state index in [1.807, 2.05) is 35.2 Å². The van der Waals surface area contributed by atoms with Crippen LogP contribution in [0.2, 0.25) is 0 Å². The molecule has 2 aromatic rings. The third-order valence-corrected chi connectivity index (χ3v) is 5.03. The molecule has 0 spiro atoms. The molecule has 0 bridgehead atoms. The third-order valence-electron chi connectivity index (χ3n) is 5.03. The minimum Gasteiger partial charge on any atom is -0.454 e. The maximum atomic E-state index is 12.7. The van der Waals surface area contributed by atoms with E-state index in [2.05, 4.69) is 0 Å². The summed E-state index contributed by atoms with van der Waals surface area (Å²) in [5.41, 5.74) is 1.56. The summed E-state index contributed by atoms with van der Waals surface area (Å²) in [4.78, 5) is 14.6. The molecule has 2 aliphatic rings. The Morgan fingerprint density at radius 3 is 2.52 bits per heavy atom. The second-order valence-electron chi connectivity index (χ2n) is 6.55. The molecule has 1 amide bonds. The van der Waals surface area contributed by atoms with Gasteiger partial charge >= 0.3 is 0 Å². The van der Waals surface area contributed by atoms with E-state index in [0.717, 1.165) is 18.4 Å². The molecule has 4 rings (SSSR count). The summed E-state index contributed by atoms with van der Waals surface area (Å²) >= 11 is 0. The molecule has 2 aromatic carbocycles. The lowest BCUT2D eigenvalue weighted by Crippen LogP contribution is -2.39. The molecule has 2 heterocycles. The summed E-state index contributed by atoms with van der Waals surface area (Å²) < 4.78 is 10.6. The Morgan fingerprint density at radius 1 is 1.04 bits per heavy atom. The van der Waals surface area contributed by atoms with Crippen molar-refractivity contribution in [3.63, 3.8) is 0 Å². The van der Waals surface area contributed by atoms with Crippen molar-refractivity contribution in [3.8, 4) is 11.5 Å². The number of benzene rings is 2. The van der Waals surface area contributed by atoms with Gasteiger partial charge in [-0.05, 0) is 42.5 Å². The summed E-state index contributed by atoms with van der Waals surface area (Å²) in [6.07, 6.45) is 1.13. The third kappa shape index (κ3) is 3.20. The molecular weight excluding hydrogens is 318 g/mol. The minimum absolute atomic E-state index is 0.00551. The highest BCUT2D eigenvalue weighted by molar-refractivity contribution is 5.95. The van der Waals surface area contributed by atoms with E-state index in [1.54, 1.807) is 18.2 Å². The topological polar surface area (TPSA) is 59.0 Å². The molecule has 1 fully saturated rings. The molecule has 1 N–H and O–H groups in total. The van der Waals surface area contributed by atoms with E-state index in [-0.39, 0.29) is 18.6 Å². The molecule has 5 nitrogen and oxygen atoms in total. The lowest BCUT2D eigenvalue weighted by molar-refractivity contribution is 0.0462. The lowest BCUT2D eigenvalue weighted by atomic mass is 9.87. The van der Waals surface area contributed by atoms with Crippen molar-refractivity contribution in [2.24, 2.45) is 5.92 Å². The fraction of sp³-hybridized carbons (Fsp3) is 0.350. The normalized spacial score (nSPS) is 18.2. The van der Waals surface area contributed by atoms with Crippen molar-refractivity contribution < 1.29 is 19.4 Å². The number of hydrogen-bond acceptors (Lipinski definition) is 4. The number of carbonyl (C=O) groups is 1. The molecule has 0 aliphatic carbocycles. The maximum Gasteiger partial charge on any atom is 0.253 e. The van der Waals surface area contributed by atoms with Crippen LogP contribution in [-0.4, -0.2) is 35.8 Å². The molecule has 130 valence electrons. The summed E-state index contributed by atoms with van der Waals surface area (Å²) in [6, 6.07) is 15.0. The number of aliphatic hydroxyl groups is 1. The second kappa shape index (κ2) is 6.76. The first kappa shape index (κ1) is 16.0. The molecule has 0 aromatic heterocycles. The second-order valence-corrected chi connectivity index (χ2v) is 6.55. The van der Waals surface area contributed by atoms with Gasteiger partial charge in [0.1, 0.15) is 0 Å². The van der Waals surface area contributed by atoms with Gasteiger partial charge in [-0.1, -0.05) is 30.3 Å². The predicted molar refractivity (Wildman–Crippen MR) is 92.6 cm³/mol. The molecular formula is C20H21NO4. The van der Waals surface area contributed by atoms with Crippen molar-refractivity contribution >= 4 is 5.91 Å². The van der Waals surface area contributed by atoms with Crippen LogP contribution >= 0.6 is 0 Å². The Hall–Kier alpha value is -2.53. The van der Waals surface area contributed by atoms with Crippen LogP contribution in [0, 0.1) is 5.92 Å². The van der Waals surface area contributed by atoms with Crippen LogP contribution in [0.25, 0.3) is 0 Å². The van der Waals surface area contributed by atoms with Crippen molar-refractivity contribution in [2.75, 3.05) is 19.9 Å². The first-order valence-corrected chi connectivity index (χ1v) is 8.64. The van der Waals surface area contributed by atoms with E-state index >= 15 is 0 Å². The number of rotatable bonds is 3. The monoisotopic (exact) mass is 339 g/mol. The number of amides is 1. The van der Waals surface area contributed by atoms with Crippen LogP contribution in [0.5, 0.6) is 11.5 Å². The average molecular weight is 339 g/mol. The molecule has 1 atom stereocenters. The van der Waals surface area contributed by atoms with Gasteiger partial charge in [0, 0.05) is 18.7 Å². The zero-order valence-corrected chi connectivity index (χ0v) is 13.9. The Balaban J connectivity index is 1.39. The van der Waals surface area contributed by atoms with E-state index < -0.39 is 6.10 Å². The highest BCUT2D eigenvalue weighted by Crippen LogP contribution is 2.34. The van der Waals surface area contributed by atoms with Crippen molar-refractivity contribution in [1.29, 1.82) is 0 Å². The summed E-state index contributed by atoms with van der Waals surface area (Å²) in [7, 11) is 0. The highest BCUT2D eigenvalue weighted by Gasteiger charge is 2.29. The Bertz CT molecular complexity index is 754. The molecule has 0 saturated carbocycles.